The van der Waals surface area contributed by atoms with Crippen LogP contribution in [0.2, 0.25) is 0 Å². The van der Waals surface area contributed by atoms with Gasteiger partial charge < -0.3 is 20.4 Å². The number of aromatic hydroxyl groups is 4. The third-order valence-electron chi connectivity index (χ3n) is 5.53. The number of benzene rings is 3. The van der Waals surface area contributed by atoms with Crippen molar-refractivity contribution in [1.82, 2.24) is 0 Å². The minimum atomic E-state index is -0.561. The van der Waals surface area contributed by atoms with Gasteiger partial charge in [0.25, 0.3) is 0 Å². The molecular weight excluding hydrogens is 496 g/mol. The van der Waals surface area contributed by atoms with Crippen LogP contribution < -0.4 is 0 Å². The third kappa shape index (κ3) is 5.45. The molecule has 1 aliphatic carbocycles. The molecule has 1 unspecified atom stereocenters. The Balaban J connectivity index is 1.72. The zero-order chi connectivity index (χ0) is 26.0. The van der Waals surface area contributed by atoms with Crippen LogP contribution in [-0.2, 0) is 0 Å². The third-order valence-corrected chi connectivity index (χ3v) is 7.85. The summed E-state index contributed by atoms with van der Waals surface area (Å²) in [6.07, 6.45) is 3.69. The fourth-order valence-electron chi connectivity index (χ4n) is 3.76. The van der Waals surface area contributed by atoms with Crippen LogP contribution in [0.15, 0.2) is 92.6 Å². The van der Waals surface area contributed by atoms with E-state index in [4.69, 9.17) is 0 Å². The van der Waals surface area contributed by atoms with Gasteiger partial charge in [-0.2, -0.15) is 0 Å². The van der Waals surface area contributed by atoms with Crippen LogP contribution in [0.5, 0.6) is 23.0 Å². The second-order valence-corrected chi connectivity index (χ2v) is 10.9. The van der Waals surface area contributed by atoms with Crippen LogP contribution in [-0.4, -0.2) is 37.2 Å². The van der Waals surface area contributed by atoms with E-state index in [-0.39, 0.29) is 44.6 Å². The number of phenols is 4. The molecule has 0 amide bonds. The summed E-state index contributed by atoms with van der Waals surface area (Å²) in [5.74, 6) is -1.63. The number of phenolic OH excluding ortho intramolecular Hbond substituents is 4. The minimum absolute atomic E-state index is 0.0862. The minimum Gasteiger partial charge on any atom is -0.508 e. The van der Waals surface area contributed by atoms with Gasteiger partial charge in [-0.05, 0) is 80.9 Å². The highest BCUT2D eigenvalue weighted by Crippen LogP contribution is 2.46. The molecule has 1 atom stereocenters. The molecule has 36 heavy (non-hydrogen) atoms. The van der Waals surface area contributed by atoms with E-state index in [1.807, 2.05) is 19.9 Å². The number of fused-ring (bicyclic) bond motifs is 1. The lowest BCUT2D eigenvalue weighted by Crippen LogP contribution is -2.24. The summed E-state index contributed by atoms with van der Waals surface area (Å²) >= 11 is 2.47. The van der Waals surface area contributed by atoms with Crippen LogP contribution in [0, 0.1) is 0 Å². The van der Waals surface area contributed by atoms with Crippen molar-refractivity contribution in [2.45, 2.75) is 40.2 Å². The highest BCUT2D eigenvalue weighted by Gasteiger charge is 2.36. The molecule has 0 saturated carbocycles. The first-order valence-corrected chi connectivity index (χ1v) is 12.8. The quantitative estimate of drug-likeness (QED) is 0.159. The Hall–Kier alpha value is -3.62. The Kier molecular flexibility index (Phi) is 7.47. The topological polar surface area (TPSA) is 115 Å². The van der Waals surface area contributed by atoms with Crippen molar-refractivity contribution in [3.8, 4) is 23.0 Å². The first kappa shape index (κ1) is 25.5. The molecule has 3 aromatic rings. The largest absolute Gasteiger partial charge is 0.508 e. The Morgan fingerprint density at radius 3 is 2.03 bits per heavy atom. The number of ketones is 2. The molecule has 1 aliphatic rings. The SMILES string of the molecule is CC(C)=CCC(Sc1ccc(O)cc1)C1=CC(=O)c2c(O)c(Sc3ccc(O)cc3)cc(O)c2C1=O. The maximum Gasteiger partial charge on any atom is 0.194 e. The molecule has 0 aliphatic heterocycles. The number of rotatable bonds is 7. The van der Waals surface area contributed by atoms with Crippen molar-refractivity contribution in [1.29, 1.82) is 0 Å². The van der Waals surface area contributed by atoms with Crippen molar-refractivity contribution >= 4 is 35.1 Å². The normalized spacial score (nSPS) is 13.7. The molecule has 4 rings (SSSR count). The first-order chi connectivity index (χ1) is 17.1. The summed E-state index contributed by atoms with van der Waals surface area (Å²) in [6.45, 7) is 3.88. The fourth-order valence-corrected chi connectivity index (χ4v) is 5.77. The predicted molar refractivity (Wildman–Crippen MR) is 141 cm³/mol. The summed E-state index contributed by atoms with van der Waals surface area (Å²) in [5, 5.41) is 40.3. The Morgan fingerprint density at radius 1 is 0.861 bits per heavy atom. The second-order valence-electron chi connectivity index (χ2n) is 8.50. The van der Waals surface area contributed by atoms with E-state index in [2.05, 4.69) is 0 Å². The number of Topliss-reactive ketones (excluding diaryl/α,β-unsaturated/α-hetero) is 1. The van der Waals surface area contributed by atoms with Gasteiger partial charge in [-0.25, -0.2) is 0 Å². The Labute approximate surface area is 217 Å². The van der Waals surface area contributed by atoms with Gasteiger partial charge in [0.05, 0.1) is 16.0 Å². The van der Waals surface area contributed by atoms with Gasteiger partial charge in [0.1, 0.15) is 23.0 Å². The van der Waals surface area contributed by atoms with Gasteiger partial charge >= 0.3 is 0 Å². The summed E-state index contributed by atoms with van der Waals surface area (Å²) < 4.78 is 0. The average Bonchev–Trinajstić information content (AvgIpc) is 2.83. The van der Waals surface area contributed by atoms with E-state index in [0.29, 0.717) is 11.3 Å². The van der Waals surface area contributed by atoms with Crippen LogP contribution >= 0.6 is 23.5 Å². The lowest BCUT2D eigenvalue weighted by Gasteiger charge is -2.24. The molecule has 0 bridgehead atoms. The van der Waals surface area contributed by atoms with Gasteiger partial charge in [-0.15, -0.1) is 11.8 Å². The molecule has 0 spiro atoms. The summed E-state index contributed by atoms with van der Waals surface area (Å²) in [7, 11) is 0. The average molecular weight is 521 g/mol. The molecule has 0 radical (unpaired) electrons. The van der Waals surface area contributed by atoms with Gasteiger partial charge in [0.15, 0.2) is 11.6 Å². The first-order valence-electron chi connectivity index (χ1n) is 11.1. The maximum absolute atomic E-state index is 13.6. The van der Waals surface area contributed by atoms with E-state index in [0.717, 1.165) is 22.2 Å². The highest BCUT2D eigenvalue weighted by atomic mass is 32.2. The number of thioether (sulfide) groups is 1. The molecule has 8 heteroatoms. The number of carbonyl (C=O) groups excluding carboxylic acids is 2. The molecule has 0 heterocycles. The molecule has 0 saturated heterocycles. The van der Waals surface area contributed by atoms with E-state index < -0.39 is 16.8 Å². The van der Waals surface area contributed by atoms with Crippen molar-refractivity contribution in [2.24, 2.45) is 0 Å². The van der Waals surface area contributed by atoms with E-state index in [1.54, 1.807) is 36.4 Å². The maximum atomic E-state index is 13.6. The molecule has 184 valence electrons. The molecular formula is C28H24O6S2. The number of allylic oxidation sites excluding steroid dienone is 3. The number of carbonyl (C=O) groups is 2. The Morgan fingerprint density at radius 2 is 1.44 bits per heavy atom. The van der Waals surface area contributed by atoms with Gasteiger partial charge in [0.2, 0.25) is 0 Å². The van der Waals surface area contributed by atoms with Crippen LogP contribution in [0.25, 0.3) is 0 Å². The van der Waals surface area contributed by atoms with Crippen LogP contribution in [0.3, 0.4) is 0 Å². The highest BCUT2D eigenvalue weighted by molar-refractivity contribution is 8.00. The van der Waals surface area contributed by atoms with Crippen LogP contribution in [0.1, 0.15) is 41.0 Å². The molecule has 4 N–H and O–H groups in total. The van der Waals surface area contributed by atoms with E-state index in [1.165, 1.54) is 36.0 Å². The second kappa shape index (κ2) is 10.6. The lowest BCUT2D eigenvalue weighted by atomic mass is 9.86. The number of hydrogen-bond acceptors (Lipinski definition) is 8. The van der Waals surface area contributed by atoms with Crippen LogP contribution in [0.4, 0.5) is 0 Å². The Bertz CT molecular complexity index is 1390. The monoisotopic (exact) mass is 520 g/mol. The van der Waals surface area contributed by atoms with Gasteiger partial charge in [-0.3, -0.25) is 9.59 Å². The molecule has 0 aromatic heterocycles. The summed E-state index contributed by atoms with van der Waals surface area (Å²) in [5.41, 5.74) is 0.856. The van der Waals surface area contributed by atoms with Crippen molar-refractivity contribution in [3.63, 3.8) is 0 Å². The molecule has 3 aromatic carbocycles. The molecule has 0 fully saturated rings. The molecule has 6 nitrogen and oxygen atoms in total. The van der Waals surface area contributed by atoms with E-state index >= 15 is 0 Å². The summed E-state index contributed by atoms with van der Waals surface area (Å²) in [6, 6.07) is 14.1. The number of hydrogen-bond donors (Lipinski definition) is 4. The lowest BCUT2D eigenvalue weighted by molar-refractivity contribution is 0.0977. The standard InChI is InChI=1S/C28H24O6S2/c1-15(2)3-12-23(35-18-8-4-16(29)5-9-18)20-13-21(31)26-25(27(20)33)22(32)14-24(28(26)34)36-19-10-6-17(30)7-11-19/h3-11,13-14,23,29-30,32,34H,12H2,1-2H3. The van der Waals surface area contributed by atoms with Crippen molar-refractivity contribution < 1.29 is 30.0 Å². The zero-order valence-electron chi connectivity index (χ0n) is 19.6. The van der Waals surface area contributed by atoms with Gasteiger partial charge in [0, 0.05) is 20.6 Å². The summed E-state index contributed by atoms with van der Waals surface area (Å²) in [4.78, 5) is 28.5. The smallest absolute Gasteiger partial charge is 0.194 e. The zero-order valence-corrected chi connectivity index (χ0v) is 21.2. The van der Waals surface area contributed by atoms with Crippen molar-refractivity contribution in [2.75, 3.05) is 0 Å². The van der Waals surface area contributed by atoms with Crippen molar-refractivity contribution in [3.05, 3.63) is 89.0 Å². The van der Waals surface area contributed by atoms with E-state index in [9.17, 15) is 30.0 Å². The fraction of sp³-hybridized carbons (Fsp3) is 0.143. The van der Waals surface area contributed by atoms with Gasteiger partial charge in [-0.1, -0.05) is 23.4 Å². The predicted octanol–water partition coefficient (Wildman–Crippen LogP) is 6.48.